The Morgan fingerprint density at radius 1 is 0.714 bits per heavy atom. The van der Waals surface area contributed by atoms with Crippen LogP contribution in [0.2, 0.25) is 0 Å². The van der Waals surface area contributed by atoms with Gasteiger partial charge in [0.2, 0.25) is 0 Å². The van der Waals surface area contributed by atoms with E-state index in [4.69, 9.17) is 0 Å². The molecule has 2 rings (SSSR count). The van der Waals surface area contributed by atoms with Gasteiger partial charge in [-0.05, 0) is 0 Å². The zero-order valence-electron chi connectivity index (χ0n) is 7.89. The van der Waals surface area contributed by atoms with Crippen LogP contribution in [0.4, 0.5) is 0 Å². The summed E-state index contributed by atoms with van der Waals surface area (Å²) in [6.07, 6.45) is 0. The molecule has 1 nitrogen and oxygen atoms in total. The van der Waals surface area contributed by atoms with Crippen LogP contribution in [-0.2, 0) is 0 Å². The summed E-state index contributed by atoms with van der Waals surface area (Å²) in [7, 11) is 0. The van der Waals surface area contributed by atoms with Crippen molar-refractivity contribution in [3.05, 3.63) is 60.7 Å². The Hall–Kier alpha value is -0.994. The molecule has 0 fully saturated rings. The monoisotopic (exact) mass is 194 g/mol. The van der Waals surface area contributed by atoms with Crippen LogP contribution in [-0.4, -0.2) is 21.7 Å². The molecular weight excluding hydrogens is 184 g/mol. The average Bonchev–Trinajstić information content (AvgIpc) is 2.21. The maximum Gasteiger partial charge on any atom is -0.0623 e. The second-order valence-electron chi connectivity index (χ2n) is 2.80. The van der Waals surface area contributed by atoms with E-state index >= 15 is 0 Å². The van der Waals surface area contributed by atoms with Crippen molar-refractivity contribution in [1.82, 2.24) is 0 Å². The summed E-state index contributed by atoms with van der Waals surface area (Å²) in [5.41, 5.74) is 0. The van der Waals surface area contributed by atoms with Gasteiger partial charge in [-0.2, -0.15) is 0 Å². The second kappa shape index (κ2) is 6.46. The molecule has 2 aromatic rings. The van der Waals surface area contributed by atoms with E-state index < -0.39 is 0 Å². The minimum atomic E-state index is 0.0718. The summed E-state index contributed by atoms with van der Waals surface area (Å²) < 4.78 is 1.35. The largest absolute Gasteiger partial charge is 0.872 e. The van der Waals surface area contributed by atoms with Gasteiger partial charge in [-0.3, -0.25) is 0 Å². The molecule has 0 heterocycles. The normalized spacial score (nSPS) is 8.71. The summed E-state index contributed by atoms with van der Waals surface area (Å²) in [5.74, 6) is 0.0718. The second-order valence-corrected chi connectivity index (χ2v) is 3.62. The van der Waals surface area contributed by atoms with Crippen LogP contribution in [0, 0.1) is 0 Å². The fourth-order valence-corrected chi connectivity index (χ4v) is 1.17. The molecule has 0 bridgehead atoms. The van der Waals surface area contributed by atoms with Gasteiger partial charge in [-0.15, -0.1) is 5.75 Å². The molecule has 14 heavy (non-hydrogen) atoms. The van der Waals surface area contributed by atoms with Crippen molar-refractivity contribution in [3.8, 4) is 5.75 Å². The predicted octanol–water partition coefficient (Wildman–Crippen LogP) is 1.24. The summed E-state index contributed by atoms with van der Waals surface area (Å²) in [6, 6.07) is 18.6. The molecule has 0 aliphatic rings. The molecule has 0 radical (unpaired) electrons. The molecule has 0 atom stereocenters. The standard InChI is InChI=1S/C6H6O.C6H5.Mg/c7-6-4-2-1-3-5-6;1-2-4-6-5-3-1;/h1-5,7H;1-5H;/q;;+1/p-1. The van der Waals surface area contributed by atoms with Gasteiger partial charge in [0.25, 0.3) is 0 Å². The van der Waals surface area contributed by atoms with Crippen molar-refractivity contribution in [2.75, 3.05) is 0 Å². The van der Waals surface area contributed by atoms with Crippen LogP contribution in [0.5, 0.6) is 5.75 Å². The van der Waals surface area contributed by atoms with Gasteiger partial charge in [0.05, 0.1) is 0 Å². The molecule has 0 aromatic heterocycles. The maximum atomic E-state index is 10.3. The summed E-state index contributed by atoms with van der Waals surface area (Å²) in [6.45, 7) is 0. The van der Waals surface area contributed by atoms with E-state index in [0.717, 1.165) is 0 Å². The Labute approximate surface area is 96.8 Å². The Balaban J connectivity index is 0.000000140. The van der Waals surface area contributed by atoms with E-state index in [1.54, 1.807) is 12.1 Å². The predicted molar refractivity (Wildman–Crippen MR) is 57.7 cm³/mol. The zero-order valence-corrected chi connectivity index (χ0v) is 9.30. The van der Waals surface area contributed by atoms with Crippen molar-refractivity contribution >= 4 is 25.4 Å². The first-order chi connectivity index (χ1) is 6.79. The minimum absolute atomic E-state index is 0.0718. The Morgan fingerprint density at radius 3 is 1.36 bits per heavy atom. The Bertz CT molecular complexity index is 308. The van der Waals surface area contributed by atoms with E-state index in [1.807, 2.05) is 46.0 Å². The SMILES string of the molecule is [Mg+][c]1ccccc1.[O-]c1ccccc1. The van der Waals surface area contributed by atoms with Gasteiger partial charge in [0, 0.05) is 0 Å². The molecule has 0 aliphatic heterocycles. The number of rotatable bonds is 0. The van der Waals surface area contributed by atoms with Crippen molar-refractivity contribution < 1.29 is 5.11 Å². The van der Waals surface area contributed by atoms with Crippen LogP contribution in [0.1, 0.15) is 0 Å². The molecule has 0 saturated carbocycles. The quantitative estimate of drug-likeness (QED) is 0.579. The first kappa shape index (κ1) is 11.1. The molecule has 0 N–H and O–H groups in total. The van der Waals surface area contributed by atoms with Crippen LogP contribution in [0.25, 0.3) is 0 Å². The summed E-state index contributed by atoms with van der Waals surface area (Å²) in [5, 5.41) is 10.3. The zero-order chi connectivity index (χ0) is 10.2. The van der Waals surface area contributed by atoms with Crippen molar-refractivity contribution in [2.45, 2.75) is 0 Å². The number of hydrogen-bond acceptors (Lipinski definition) is 1. The Morgan fingerprint density at radius 2 is 1.14 bits per heavy atom. The van der Waals surface area contributed by atoms with Gasteiger partial charge in [0.1, 0.15) is 0 Å². The van der Waals surface area contributed by atoms with Crippen molar-refractivity contribution in [3.63, 3.8) is 0 Å². The fourth-order valence-electron chi connectivity index (χ4n) is 0.899. The first-order valence-electron chi connectivity index (χ1n) is 4.38. The minimum Gasteiger partial charge on any atom is -0.872 e. The Kier molecular flexibility index (Phi) is 5.11. The van der Waals surface area contributed by atoms with Crippen LogP contribution in [0.15, 0.2) is 60.7 Å². The molecule has 0 unspecified atom stereocenters. The molecule has 0 aliphatic carbocycles. The van der Waals surface area contributed by atoms with E-state index in [0.29, 0.717) is 0 Å². The molecule has 2 heteroatoms. The van der Waals surface area contributed by atoms with E-state index in [-0.39, 0.29) is 5.75 Å². The maximum absolute atomic E-state index is 10.3. The molecule has 0 saturated heterocycles. The average molecular weight is 195 g/mol. The van der Waals surface area contributed by atoms with E-state index in [1.165, 1.54) is 15.8 Å². The van der Waals surface area contributed by atoms with Crippen LogP contribution < -0.4 is 8.80 Å². The molecule has 66 valence electrons. The van der Waals surface area contributed by atoms with Gasteiger partial charge in [-0.25, -0.2) is 0 Å². The van der Waals surface area contributed by atoms with Crippen LogP contribution in [0.3, 0.4) is 0 Å². The third-order valence-electron chi connectivity index (χ3n) is 1.59. The van der Waals surface area contributed by atoms with Gasteiger partial charge >= 0.3 is 55.7 Å². The third kappa shape index (κ3) is 4.89. The van der Waals surface area contributed by atoms with Crippen molar-refractivity contribution in [2.24, 2.45) is 0 Å². The number of benzene rings is 2. The van der Waals surface area contributed by atoms with Gasteiger partial charge in [0.15, 0.2) is 0 Å². The first-order valence-corrected chi connectivity index (χ1v) is 5.09. The molecule has 0 amide bonds. The van der Waals surface area contributed by atoms with Crippen LogP contribution >= 0.6 is 0 Å². The van der Waals surface area contributed by atoms with E-state index in [9.17, 15) is 5.11 Å². The summed E-state index contributed by atoms with van der Waals surface area (Å²) >= 11 is 1.90. The summed E-state index contributed by atoms with van der Waals surface area (Å²) in [4.78, 5) is 0. The van der Waals surface area contributed by atoms with Crippen molar-refractivity contribution in [1.29, 1.82) is 0 Å². The smallest absolute Gasteiger partial charge is 0.0623 e. The molecule has 0 spiro atoms. The molecule has 2 aromatic carbocycles. The number of para-hydroxylation sites is 1. The number of hydrogen-bond donors (Lipinski definition) is 0. The third-order valence-corrected chi connectivity index (χ3v) is 2.06. The van der Waals surface area contributed by atoms with E-state index in [2.05, 4.69) is 12.1 Å². The van der Waals surface area contributed by atoms with Gasteiger partial charge < -0.3 is 5.11 Å². The topological polar surface area (TPSA) is 23.1 Å². The molecular formula is C12H10MgO. The fraction of sp³-hybridized carbons (Fsp3) is 0. The van der Waals surface area contributed by atoms with Gasteiger partial charge in [-0.1, -0.05) is 30.3 Å².